The van der Waals surface area contributed by atoms with Crippen molar-refractivity contribution in [1.29, 1.82) is 31.6 Å². The fourth-order valence-corrected chi connectivity index (χ4v) is 0.936. The van der Waals surface area contributed by atoms with Crippen molar-refractivity contribution in [2.45, 2.75) is 0 Å². The third-order valence-corrected chi connectivity index (χ3v) is 1.85. The van der Waals surface area contributed by atoms with Crippen molar-refractivity contribution >= 4 is 0 Å². The van der Waals surface area contributed by atoms with Crippen LogP contribution in [0.3, 0.4) is 0 Å². The summed E-state index contributed by atoms with van der Waals surface area (Å²) >= 11 is 0. The van der Waals surface area contributed by atoms with Crippen LogP contribution in [0.4, 0.5) is 0 Å². The highest BCUT2D eigenvalue weighted by Crippen LogP contribution is 2.09. The van der Waals surface area contributed by atoms with Crippen LogP contribution in [0.15, 0.2) is 34.9 Å². The lowest BCUT2D eigenvalue weighted by Crippen LogP contribution is -1.95. The summed E-state index contributed by atoms with van der Waals surface area (Å²) in [5.74, 6) is -1.20. The first-order valence-corrected chi connectivity index (χ1v) is 4.70. The minimum Gasteiger partial charge on any atom is -0.196 e. The van der Waals surface area contributed by atoms with Crippen LogP contribution < -0.4 is 0 Å². The summed E-state index contributed by atoms with van der Waals surface area (Å²) in [6.45, 7) is 0. The van der Waals surface area contributed by atoms with Gasteiger partial charge in [-0.2, -0.15) is 31.6 Å². The zero-order chi connectivity index (χ0) is 14.7. The van der Waals surface area contributed by atoms with Crippen molar-refractivity contribution in [2.75, 3.05) is 0 Å². The van der Waals surface area contributed by atoms with Crippen LogP contribution in [0.5, 0.6) is 0 Å². The van der Waals surface area contributed by atoms with E-state index in [0.29, 0.717) is 0 Å². The zero-order valence-electron chi connectivity index (χ0n) is 9.49. The monoisotopic (exact) mass is 244 g/mol. The van der Waals surface area contributed by atoms with Crippen LogP contribution in [-0.4, -0.2) is 0 Å². The van der Waals surface area contributed by atoms with Crippen LogP contribution in [0, 0.1) is 73.9 Å². The molecule has 0 aliphatic carbocycles. The third kappa shape index (κ3) is 4.26. The normalized spacial score (nSPS) is 9.32. The summed E-state index contributed by atoms with van der Waals surface area (Å²) in [6, 6.07) is 9.72. The van der Waals surface area contributed by atoms with Gasteiger partial charge in [0.05, 0.1) is 29.4 Å². The second-order valence-corrected chi connectivity index (χ2v) is 2.91. The van der Waals surface area contributed by atoms with E-state index >= 15 is 0 Å². The van der Waals surface area contributed by atoms with Gasteiger partial charge in [-0.15, -0.1) is 0 Å². The molecule has 0 atom stereocenters. The van der Waals surface area contributed by atoms with Crippen LogP contribution in [0.25, 0.3) is 0 Å². The van der Waals surface area contributed by atoms with Gasteiger partial charge in [0.2, 0.25) is 0 Å². The number of rotatable bonds is 3. The molecule has 0 aromatic heterocycles. The molecule has 0 unspecified atom stereocenters. The van der Waals surface area contributed by atoms with Crippen LogP contribution in [-0.2, 0) is 0 Å². The number of hydrogen-bond acceptors (Lipinski definition) is 6. The Hall–Kier alpha value is -3.84. The number of nitriles is 6. The largest absolute Gasteiger partial charge is 0.196 e. The van der Waals surface area contributed by atoms with Crippen molar-refractivity contribution in [2.24, 2.45) is 5.92 Å². The van der Waals surface area contributed by atoms with E-state index in [1.807, 2.05) is 0 Å². The van der Waals surface area contributed by atoms with Crippen molar-refractivity contribution < 1.29 is 0 Å². The average Bonchev–Trinajstić information content (AvgIpc) is 2.45. The van der Waals surface area contributed by atoms with E-state index in [9.17, 15) is 0 Å². The molecule has 86 valence electrons. The quantitative estimate of drug-likeness (QED) is 0.543. The van der Waals surface area contributed by atoms with Crippen molar-refractivity contribution in [3.8, 4) is 36.4 Å². The van der Waals surface area contributed by atoms with Gasteiger partial charge in [0.1, 0.15) is 23.8 Å². The lowest BCUT2D eigenvalue weighted by atomic mass is 10.0. The maximum Gasteiger partial charge on any atom is 0.167 e. The average molecular weight is 244 g/mol. The lowest BCUT2D eigenvalue weighted by molar-refractivity contribution is 1.04. The van der Waals surface area contributed by atoms with Crippen molar-refractivity contribution in [3.63, 3.8) is 0 Å². The highest BCUT2D eigenvalue weighted by atomic mass is 14.3. The second-order valence-electron chi connectivity index (χ2n) is 2.91. The summed E-state index contributed by atoms with van der Waals surface area (Å²) in [4.78, 5) is 0. The van der Waals surface area contributed by atoms with Gasteiger partial charge in [0.15, 0.2) is 5.92 Å². The van der Waals surface area contributed by atoms with Gasteiger partial charge >= 0.3 is 0 Å². The minimum atomic E-state index is -1.20. The van der Waals surface area contributed by atoms with E-state index < -0.39 is 5.92 Å². The first-order valence-electron chi connectivity index (χ1n) is 4.70. The van der Waals surface area contributed by atoms with E-state index in [0.717, 1.165) is 6.08 Å². The molecule has 0 aromatic carbocycles. The van der Waals surface area contributed by atoms with E-state index in [1.54, 1.807) is 36.4 Å². The summed E-state index contributed by atoms with van der Waals surface area (Å²) in [5.41, 5.74) is -0.610. The molecular weight excluding hydrogens is 240 g/mol. The van der Waals surface area contributed by atoms with Crippen LogP contribution in [0.2, 0.25) is 0 Å². The Morgan fingerprint density at radius 2 is 1.37 bits per heavy atom. The maximum atomic E-state index is 8.75. The van der Waals surface area contributed by atoms with Gasteiger partial charge in [0.25, 0.3) is 0 Å². The van der Waals surface area contributed by atoms with E-state index in [2.05, 4.69) is 0 Å². The van der Waals surface area contributed by atoms with E-state index in [4.69, 9.17) is 31.6 Å². The molecule has 0 aromatic rings. The van der Waals surface area contributed by atoms with Crippen LogP contribution >= 0.6 is 0 Å². The fourth-order valence-electron chi connectivity index (χ4n) is 0.936. The molecule has 0 bridgehead atoms. The molecule has 0 saturated heterocycles. The summed E-state index contributed by atoms with van der Waals surface area (Å²) in [7, 11) is 0. The molecule has 0 rings (SSSR count). The predicted molar refractivity (Wildman–Crippen MR) is 61.4 cm³/mol. The molecule has 0 heterocycles. The molecule has 19 heavy (non-hydrogen) atoms. The third-order valence-electron chi connectivity index (χ3n) is 1.85. The molecule has 0 N–H and O–H groups in total. The van der Waals surface area contributed by atoms with Crippen LogP contribution in [0.1, 0.15) is 0 Å². The Labute approximate surface area is 109 Å². The fraction of sp³-hybridized carbons (Fsp3) is 0.0769. The number of nitrogens with zero attached hydrogens (tertiary/aromatic N) is 6. The molecule has 6 nitrogen and oxygen atoms in total. The summed E-state index contributed by atoms with van der Waals surface area (Å²) < 4.78 is 0. The van der Waals surface area contributed by atoms with Crippen molar-refractivity contribution in [1.82, 2.24) is 0 Å². The molecule has 0 aliphatic rings. The van der Waals surface area contributed by atoms with E-state index in [-0.39, 0.29) is 16.7 Å². The molecule has 0 radical (unpaired) electrons. The van der Waals surface area contributed by atoms with Gasteiger partial charge in [-0.25, -0.2) is 0 Å². The smallest absolute Gasteiger partial charge is 0.167 e. The van der Waals surface area contributed by atoms with Gasteiger partial charge < -0.3 is 0 Å². The lowest BCUT2D eigenvalue weighted by Gasteiger charge is -1.93. The molecule has 0 amide bonds. The highest BCUT2D eigenvalue weighted by Gasteiger charge is 2.10. The Balaban J connectivity index is 5.43. The van der Waals surface area contributed by atoms with E-state index in [1.165, 1.54) is 12.2 Å². The van der Waals surface area contributed by atoms with Crippen molar-refractivity contribution in [3.05, 3.63) is 34.9 Å². The molecular formula is C13H4N6. The Kier molecular flexibility index (Phi) is 6.64. The topological polar surface area (TPSA) is 143 Å². The maximum absolute atomic E-state index is 8.75. The standard InChI is InChI=1S/C13H4N6/c14-4-10(12(6-16)7-17)2-1-3-11(5-15)13(8-18)9-19/h1-3,12H. The first-order chi connectivity index (χ1) is 9.18. The first kappa shape index (κ1) is 15.2. The zero-order valence-corrected chi connectivity index (χ0v) is 9.49. The van der Waals surface area contributed by atoms with Gasteiger partial charge in [-0.3, -0.25) is 0 Å². The highest BCUT2D eigenvalue weighted by molar-refractivity contribution is 5.52. The molecule has 0 fully saturated rings. The number of allylic oxidation sites excluding steroid dienone is 6. The Bertz CT molecular complexity index is 665. The van der Waals surface area contributed by atoms with Gasteiger partial charge in [0, 0.05) is 0 Å². The molecule has 6 heteroatoms. The molecule has 0 aliphatic heterocycles. The van der Waals surface area contributed by atoms with Gasteiger partial charge in [-0.05, 0) is 12.2 Å². The number of hydrogen-bond donors (Lipinski definition) is 0. The molecule has 0 saturated carbocycles. The summed E-state index contributed by atoms with van der Waals surface area (Å²) in [5, 5.41) is 51.9. The minimum absolute atomic E-state index is 0.0889. The predicted octanol–water partition coefficient (Wildman–Crippen LogP) is 1.52. The molecule has 0 spiro atoms. The Morgan fingerprint density at radius 3 is 1.74 bits per heavy atom. The summed E-state index contributed by atoms with van der Waals surface area (Å²) in [6.07, 6.45) is 3.57. The second kappa shape index (κ2) is 8.33. The Morgan fingerprint density at radius 1 is 0.789 bits per heavy atom. The van der Waals surface area contributed by atoms with Gasteiger partial charge in [-0.1, -0.05) is 6.08 Å². The SMILES string of the molecule is N#CC(=CC=CC(C#N)=C(C#N)C#N)C(C#N)C#N.